The predicted molar refractivity (Wildman–Crippen MR) is 105 cm³/mol. The first-order chi connectivity index (χ1) is 14.1. The number of benzene rings is 2. The highest BCUT2D eigenvalue weighted by atomic mass is 16.5. The first kappa shape index (κ1) is 19.5. The van der Waals surface area contributed by atoms with Crippen molar-refractivity contribution in [2.24, 2.45) is 5.92 Å². The maximum atomic E-state index is 11.1. The lowest BCUT2D eigenvalue weighted by Gasteiger charge is -2.42. The molecule has 29 heavy (non-hydrogen) atoms. The molecule has 2 aliphatic heterocycles. The van der Waals surface area contributed by atoms with Crippen molar-refractivity contribution in [1.82, 2.24) is 4.90 Å². The van der Waals surface area contributed by atoms with Crippen LogP contribution in [0.25, 0.3) is 0 Å². The third-order valence-corrected chi connectivity index (χ3v) is 6.54. The van der Waals surface area contributed by atoms with Crippen LogP contribution in [0.15, 0.2) is 48.5 Å². The molecule has 2 heterocycles. The Kier molecular flexibility index (Phi) is 5.28. The largest absolute Gasteiger partial charge is 0.554 e. The summed E-state index contributed by atoms with van der Waals surface area (Å²) in [4.78, 5) is 21.8. The molecule has 6 heteroatoms. The Morgan fingerprint density at radius 2 is 1.79 bits per heavy atom. The molecule has 1 saturated carbocycles. The zero-order valence-corrected chi connectivity index (χ0v) is 16.1. The smallest absolute Gasteiger partial charge is 0.309 e. The van der Waals surface area contributed by atoms with Crippen LogP contribution in [0.2, 0.25) is 0 Å². The summed E-state index contributed by atoms with van der Waals surface area (Å²) in [5.74, 6) is 1.11. The second-order valence-electron chi connectivity index (χ2n) is 8.14. The van der Waals surface area contributed by atoms with Crippen molar-refractivity contribution in [1.29, 1.82) is 0 Å². The average molecular weight is 394 g/mol. The average Bonchev–Trinajstić information content (AvgIpc) is 3.01. The molecular formula is C23H24NO5-. The number of likely N-dealkylation sites (tertiary alicyclic amines) is 1. The molecule has 152 valence electrons. The topological polar surface area (TPSA) is 89.9 Å². The van der Waals surface area contributed by atoms with Crippen LogP contribution in [0, 0.1) is 5.92 Å². The van der Waals surface area contributed by atoms with Gasteiger partial charge in [0.25, 0.3) is 0 Å². The molecular weight excluding hydrogens is 370 g/mol. The van der Waals surface area contributed by atoms with Gasteiger partial charge in [-0.1, -0.05) is 36.4 Å². The van der Waals surface area contributed by atoms with Crippen LogP contribution in [0.3, 0.4) is 0 Å². The summed E-state index contributed by atoms with van der Waals surface area (Å²) in [7, 11) is 0. The molecule has 2 aromatic carbocycles. The van der Waals surface area contributed by atoms with Crippen molar-refractivity contribution < 1.29 is 24.5 Å². The number of carbonyl (C=O) groups is 2. The number of carboxylic acids is 1. The maximum absolute atomic E-state index is 11.1. The highest BCUT2D eigenvalue weighted by Gasteiger charge is 2.48. The van der Waals surface area contributed by atoms with Gasteiger partial charge in [0.1, 0.15) is 11.5 Å². The predicted octanol–water partition coefficient (Wildman–Crippen LogP) is 2.21. The molecule has 2 unspecified atom stereocenters. The van der Waals surface area contributed by atoms with Crippen molar-refractivity contribution in [3.63, 3.8) is 0 Å². The molecule has 0 radical (unpaired) electrons. The summed E-state index contributed by atoms with van der Waals surface area (Å²) >= 11 is 0. The minimum atomic E-state index is -0.656. The number of carboxylic acid groups (broad SMARTS) is 2. The number of rotatable bonds is 2. The quantitative estimate of drug-likeness (QED) is 0.786. The number of hydrogen-bond acceptors (Lipinski definition) is 5. The highest BCUT2D eigenvalue weighted by molar-refractivity contribution is 5.71. The van der Waals surface area contributed by atoms with E-state index in [9.17, 15) is 4.79 Å². The summed E-state index contributed by atoms with van der Waals surface area (Å²) in [6.07, 6.45) is 4.32. The lowest BCUT2D eigenvalue weighted by Crippen LogP contribution is -2.54. The van der Waals surface area contributed by atoms with E-state index < -0.39 is 12.4 Å². The summed E-state index contributed by atoms with van der Waals surface area (Å²) in [5.41, 5.74) is 2.67. The summed E-state index contributed by atoms with van der Waals surface area (Å²) in [6, 6.07) is 17.3. The Morgan fingerprint density at radius 1 is 1.14 bits per heavy atom. The fourth-order valence-corrected chi connectivity index (χ4v) is 5.10. The zero-order valence-electron chi connectivity index (χ0n) is 16.1. The van der Waals surface area contributed by atoms with Gasteiger partial charge in [0.15, 0.2) is 0 Å². The summed E-state index contributed by atoms with van der Waals surface area (Å²) in [6.45, 7) is 0.898. The molecule has 0 bridgehead atoms. The third-order valence-electron chi connectivity index (χ3n) is 6.54. The second kappa shape index (κ2) is 7.87. The van der Waals surface area contributed by atoms with Gasteiger partial charge in [-0.2, -0.15) is 0 Å². The Labute approximate surface area is 169 Å². The van der Waals surface area contributed by atoms with Crippen LogP contribution < -0.4 is 9.84 Å². The Hall–Kier alpha value is -2.86. The number of carbonyl (C=O) groups excluding carboxylic acids is 1. The number of para-hydroxylation sites is 2. The highest BCUT2D eigenvalue weighted by Crippen LogP contribution is 2.52. The summed E-state index contributed by atoms with van der Waals surface area (Å²) in [5, 5.41) is 17.4. The minimum absolute atomic E-state index is 0.0855. The molecule has 1 saturated heterocycles. The van der Waals surface area contributed by atoms with Crippen LogP contribution >= 0.6 is 0 Å². The standard InChI is InChI=1S/C22H23NO3.CH2O2/c24-21(25)16-13-23(14-16)17-9-10-22(12-17)11-15-5-1-3-7-19(15)26-20-8-4-2-6-18(20)22;2-1-3/h1-8,16-17H,9-14H2,(H,24,25);1H,(H,2,3)/p-1. The van der Waals surface area contributed by atoms with Gasteiger partial charge in [0.05, 0.1) is 5.92 Å². The molecule has 6 nitrogen and oxygen atoms in total. The number of fused-ring (bicyclic) bond motifs is 3. The van der Waals surface area contributed by atoms with Crippen molar-refractivity contribution >= 4 is 12.4 Å². The minimum Gasteiger partial charge on any atom is -0.554 e. The molecule has 2 aromatic rings. The Balaban J connectivity index is 0.000000645. The van der Waals surface area contributed by atoms with Crippen LogP contribution in [0.5, 0.6) is 11.5 Å². The molecule has 0 amide bonds. The maximum Gasteiger partial charge on any atom is 0.309 e. The normalized spacial score (nSPS) is 25.4. The number of ether oxygens (including phenoxy) is 1. The molecule has 0 aromatic heterocycles. The van der Waals surface area contributed by atoms with Crippen LogP contribution in [0.1, 0.15) is 30.4 Å². The van der Waals surface area contributed by atoms with E-state index in [1.54, 1.807) is 0 Å². The van der Waals surface area contributed by atoms with Gasteiger partial charge >= 0.3 is 5.97 Å². The van der Waals surface area contributed by atoms with Crippen molar-refractivity contribution in [2.45, 2.75) is 37.1 Å². The van der Waals surface area contributed by atoms with E-state index in [1.807, 2.05) is 12.1 Å². The van der Waals surface area contributed by atoms with Gasteiger partial charge in [-0.15, -0.1) is 0 Å². The third kappa shape index (κ3) is 3.60. The molecule has 1 N–H and O–H groups in total. The molecule has 2 atom stereocenters. The van der Waals surface area contributed by atoms with Gasteiger partial charge in [-0.3, -0.25) is 9.69 Å². The van der Waals surface area contributed by atoms with E-state index in [0.717, 1.165) is 37.2 Å². The van der Waals surface area contributed by atoms with E-state index >= 15 is 0 Å². The summed E-state index contributed by atoms with van der Waals surface area (Å²) < 4.78 is 6.28. The van der Waals surface area contributed by atoms with Gasteiger partial charge in [0.2, 0.25) is 0 Å². The molecule has 1 aliphatic carbocycles. The van der Waals surface area contributed by atoms with Crippen molar-refractivity contribution in [3.05, 3.63) is 59.7 Å². The van der Waals surface area contributed by atoms with Crippen LogP contribution in [-0.2, 0) is 21.4 Å². The Morgan fingerprint density at radius 3 is 2.52 bits per heavy atom. The second-order valence-corrected chi connectivity index (χ2v) is 8.14. The zero-order chi connectivity index (χ0) is 20.4. The molecule has 2 fully saturated rings. The van der Waals surface area contributed by atoms with E-state index in [0.29, 0.717) is 19.1 Å². The first-order valence-electron chi connectivity index (χ1n) is 9.94. The van der Waals surface area contributed by atoms with Crippen molar-refractivity contribution in [3.8, 4) is 11.5 Å². The van der Waals surface area contributed by atoms with Gasteiger partial charge < -0.3 is 19.7 Å². The molecule has 3 aliphatic rings. The molecule has 5 rings (SSSR count). The monoisotopic (exact) mass is 394 g/mol. The number of hydrogen-bond donors (Lipinski definition) is 1. The van der Waals surface area contributed by atoms with Crippen LogP contribution in [-0.4, -0.2) is 41.6 Å². The lowest BCUT2D eigenvalue weighted by atomic mass is 9.74. The van der Waals surface area contributed by atoms with Crippen molar-refractivity contribution in [2.75, 3.05) is 13.1 Å². The fourth-order valence-electron chi connectivity index (χ4n) is 5.10. The van der Waals surface area contributed by atoms with E-state index in [2.05, 4.69) is 41.3 Å². The van der Waals surface area contributed by atoms with Gasteiger partial charge in [-0.25, -0.2) is 0 Å². The Bertz CT molecular complexity index is 908. The lowest BCUT2D eigenvalue weighted by molar-refractivity contribution is -0.283. The van der Waals surface area contributed by atoms with E-state index in [4.69, 9.17) is 19.7 Å². The fraction of sp³-hybridized carbons (Fsp3) is 0.391. The van der Waals surface area contributed by atoms with E-state index in [-0.39, 0.29) is 11.3 Å². The van der Waals surface area contributed by atoms with Gasteiger partial charge in [0, 0.05) is 36.6 Å². The first-order valence-corrected chi connectivity index (χ1v) is 9.94. The van der Waals surface area contributed by atoms with Crippen LogP contribution in [0.4, 0.5) is 0 Å². The number of aliphatic carboxylic acids is 1. The number of nitrogens with zero attached hydrogens (tertiary/aromatic N) is 1. The van der Waals surface area contributed by atoms with Gasteiger partial charge in [-0.05, 0) is 43.4 Å². The van der Waals surface area contributed by atoms with E-state index in [1.165, 1.54) is 11.1 Å². The molecule has 1 spiro atoms. The SMILES string of the molecule is O=C(O)C1CN(C2CCC3(Cc4ccccc4Oc4ccccc43)C2)C1.O=C[O-].